The van der Waals surface area contributed by atoms with Gasteiger partial charge in [-0.25, -0.2) is 4.79 Å². The second kappa shape index (κ2) is 37.9. The minimum absolute atomic E-state index is 0.0201. The van der Waals surface area contributed by atoms with Gasteiger partial charge in [-0.15, -0.1) is 0 Å². The summed E-state index contributed by atoms with van der Waals surface area (Å²) in [5, 5.41) is 61.7. The van der Waals surface area contributed by atoms with Crippen LogP contribution in [0.3, 0.4) is 0 Å². The maximum Gasteiger partial charge on any atom is 0.408 e. The molecule has 0 aliphatic carbocycles. The molecule has 0 bridgehead atoms. The topological polar surface area (TPSA) is 471 Å². The van der Waals surface area contributed by atoms with Gasteiger partial charge in [0.2, 0.25) is 59.1 Å². The molecule has 536 valence electrons. The Morgan fingerprint density at radius 3 is 1.69 bits per heavy atom. The fourth-order valence-corrected chi connectivity index (χ4v) is 10.1. The van der Waals surface area contributed by atoms with Crippen molar-refractivity contribution in [1.82, 2.24) is 58.5 Å². The van der Waals surface area contributed by atoms with Crippen LogP contribution in [-0.2, 0) is 57.5 Å². The highest BCUT2D eigenvalue weighted by Crippen LogP contribution is 2.30. The molecule has 0 aromatic heterocycles. The third-order valence-corrected chi connectivity index (χ3v) is 15.4. The molecule has 1 aliphatic heterocycles. The lowest BCUT2D eigenvalue weighted by Gasteiger charge is -2.34. The molecule has 1 aromatic carbocycles. The van der Waals surface area contributed by atoms with Crippen LogP contribution < -0.4 is 70.0 Å². The highest BCUT2D eigenvalue weighted by molar-refractivity contribution is 5.99. The standard InChI is InChI=1S/C65H110N14O16/c1-18-35(6)47-59(92)77-48(37(8)81)58(91)69-31-46(83)70-36(7)52(85)74-44(32-80)57(90)78-49(38-23-20-19-21-24-38)39(28-45(82)42(29-63(9,10)11)73-56(89)43(30-64(12,13)14)75-62(94)95-65(15,16)17)53(86)79-50(51(84)34(4)5)60(93)72-41(27-33(2)3)55(88)71-40(54(87)76-47)25-22-26-68-61(66)67/h19-21,23-24,33-37,39-44,47-51,80-81,84H,18,22,25-32H2,1-17H3,(H,69,91)(H,70,83)(H,71,88)(H,72,93)(H,73,89)(H,74,85)(H,75,94)(H,76,87)(H,77,92)(H,78,90)(H,79,86)(H4,66,67,68)/t35-,36?,37-,39-,40+,41-,42-,43+,44-,47-,48-,49+,50-,51+/m0/s1. The summed E-state index contributed by atoms with van der Waals surface area (Å²) < 4.78 is 5.50. The zero-order chi connectivity index (χ0) is 72.6. The molecule has 1 saturated heterocycles. The number of amides is 11. The third-order valence-electron chi connectivity index (χ3n) is 15.4. The van der Waals surface area contributed by atoms with Gasteiger partial charge in [0.25, 0.3) is 0 Å². The maximum absolute atomic E-state index is 15.7. The molecule has 30 nitrogen and oxygen atoms in total. The SMILES string of the molecule is CC[C@H](C)[C@@H]1NC(=O)[C@@H](CCCN=C(N)N)NC(=O)[C@H](CC(C)C)NC(=O)[C@H]([C@H](O)C(C)C)NC(=O)[C@@H](CC(=O)[C@H](CC(C)(C)C)NC(=O)[C@@H](CC(C)(C)C)NC(=O)OC(C)(C)C)[C@@H](c2ccccc2)NC(=O)[C@H](CO)NC(=O)C(C)NC(=O)CNC(=O)[C@H]([C@H](C)O)NC1=O. The van der Waals surface area contributed by atoms with E-state index in [-0.39, 0.29) is 62.5 Å². The lowest BCUT2D eigenvalue weighted by molar-refractivity contribution is -0.140. The molecule has 11 amide bonds. The largest absolute Gasteiger partial charge is 0.444 e. The van der Waals surface area contributed by atoms with Gasteiger partial charge < -0.3 is 90.0 Å². The Hall–Kier alpha value is -7.99. The lowest BCUT2D eigenvalue weighted by Crippen LogP contribution is -2.62. The number of aliphatic imine (C=N–C) groups is 1. The van der Waals surface area contributed by atoms with Crippen molar-refractivity contribution < 1.29 is 77.6 Å². The van der Waals surface area contributed by atoms with Crippen molar-refractivity contribution in [3.05, 3.63) is 35.9 Å². The molecule has 0 spiro atoms. The number of hydrogen-bond acceptors (Lipinski definition) is 17. The second-order valence-corrected chi connectivity index (χ2v) is 28.7. The molecular formula is C65H110N14O16. The Morgan fingerprint density at radius 1 is 0.642 bits per heavy atom. The van der Waals surface area contributed by atoms with Gasteiger partial charge in [0, 0.05) is 13.0 Å². The van der Waals surface area contributed by atoms with Gasteiger partial charge >= 0.3 is 6.09 Å². The first kappa shape index (κ1) is 83.1. The number of nitrogens with zero attached hydrogens (tertiary/aromatic N) is 1. The summed E-state index contributed by atoms with van der Waals surface area (Å²) in [5.41, 5.74) is 9.06. The number of nitrogens with one attached hydrogen (secondary N) is 11. The molecule has 1 heterocycles. The van der Waals surface area contributed by atoms with Crippen molar-refractivity contribution in [2.75, 3.05) is 19.7 Å². The van der Waals surface area contributed by atoms with Gasteiger partial charge in [-0.2, -0.15) is 0 Å². The van der Waals surface area contributed by atoms with E-state index in [0.29, 0.717) is 0 Å². The van der Waals surface area contributed by atoms with Crippen LogP contribution in [0.1, 0.15) is 174 Å². The van der Waals surface area contributed by atoms with Crippen LogP contribution in [0.2, 0.25) is 0 Å². The number of nitrogens with two attached hydrogens (primary N) is 2. The summed E-state index contributed by atoms with van der Waals surface area (Å²) in [7, 11) is 0. The van der Waals surface area contributed by atoms with Gasteiger partial charge in [0.1, 0.15) is 53.9 Å². The maximum atomic E-state index is 15.7. The molecule has 1 fully saturated rings. The molecule has 30 heteroatoms. The predicted molar refractivity (Wildman–Crippen MR) is 354 cm³/mol. The minimum Gasteiger partial charge on any atom is -0.444 e. The first-order chi connectivity index (χ1) is 43.9. The summed E-state index contributed by atoms with van der Waals surface area (Å²) >= 11 is 0. The number of carbonyl (C=O) groups excluding carboxylic acids is 12. The van der Waals surface area contributed by atoms with E-state index in [1.165, 1.54) is 39.8 Å². The van der Waals surface area contributed by atoms with Gasteiger partial charge in [-0.1, -0.05) is 120 Å². The van der Waals surface area contributed by atoms with Crippen molar-refractivity contribution in [2.45, 2.75) is 241 Å². The van der Waals surface area contributed by atoms with Crippen LogP contribution in [-0.4, -0.2) is 184 Å². The molecule has 1 unspecified atom stereocenters. The van der Waals surface area contributed by atoms with Crippen LogP contribution in [0, 0.1) is 34.5 Å². The fourth-order valence-electron chi connectivity index (χ4n) is 10.1. The van der Waals surface area contributed by atoms with Crippen molar-refractivity contribution in [1.29, 1.82) is 0 Å². The number of guanidine groups is 1. The van der Waals surface area contributed by atoms with E-state index in [0.717, 1.165) is 0 Å². The van der Waals surface area contributed by atoms with E-state index in [1.54, 1.807) is 87.4 Å². The molecule has 18 N–H and O–H groups in total. The number of aliphatic hydroxyl groups is 3. The number of alkyl carbamates (subject to hydrolysis) is 1. The monoisotopic (exact) mass is 1340 g/mol. The molecule has 1 aliphatic rings. The molecule has 14 atom stereocenters. The minimum atomic E-state index is -1.95. The highest BCUT2D eigenvalue weighted by atomic mass is 16.6. The number of benzene rings is 1. The summed E-state index contributed by atoms with van der Waals surface area (Å²) in [6.07, 6.45) is -5.00. The average molecular weight is 1340 g/mol. The van der Waals surface area contributed by atoms with Crippen molar-refractivity contribution >= 4 is 76.9 Å². The van der Waals surface area contributed by atoms with Gasteiger partial charge in [0.15, 0.2) is 11.7 Å². The smallest absolute Gasteiger partial charge is 0.408 e. The van der Waals surface area contributed by atoms with E-state index in [9.17, 15) is 58.5 Å². The van der Waals surface area contributed by atoms with Crippen molar-refractivity contribution in [2.24, 2.45) is 51.0 Å². The van der Waals surface area contributed by atoms with E-state index in [4.69, 9.17) is 16.2 Å². The van der Waals surface area contributed by atoms with Gasteiger partial charge in [-0.3, -0.25) is 57.7 Å². The predicted octanol–water partition coefficient (Wildman–Crippen LogP) is -0.251. The number of rotatable bonds is 21. The van der Waals surface area contributed by atoms with Crippen LogP contribution in [0.25, 0.3) is 0 Å². The number of hydrogen-bond donors (Lipinski definition) is 16. The van der Waals surface area contributed by atoms with Gasteiger partial charge in [-0.05, 0) is 101 Å². The summed E-state index contributed by atoms with van der Waals surface area (Å²) in [4.78, 5) is 177. The Bertz CT molecular complexity index is 2810. The average Bonchev–Trinajstić information content (AvgIpc) is 0.821. The zero-order valence-electron chi connectivity index (χ0n) is 58.4. The normalized spacial score (nSPS) is 24.1. The fraction of sp³-hybridized carbons (Fsp3) is 0.708. The Labute approximate surface area is 558 Å². The second-order valence-electron chi connectivity index (χ2n) is 28.7. The molecule has 2 rings (SSSR count). The van der Waals surface area contributed by atoms with Crippen molar-refractivity contribution in [3.63, 3.8) is 0 Å². The molecular weight excluding hydrogens is 1230 g/mol. The zero-order valence-corrected chi connectivity index (χ0v) is 58.4. The summed E-state index contributed by atoms with van der Waals surface area (Å²) in [6, 6.07) is -8.01. The Morgan fingerprint density at radius 2 is 1.17 bits per heavy atom. The van der Waals surface area contributed by atoms with Crippen LogP contribution >= 0.6 is 0 Å². The first-order valence-corrected chi connectivity index (χ1v) is 32.5. The number of Topliss-reactive ketones (excluding diaryl/α,β-unsaturated/α-hetero) is 1. The first-order valence-electron chi connectivity index (χ1n) is 32.5. The number of carbonyl (C=O) groups is 12. The van der Waals surface area contributed by atoms with Gasteiger partial charge in [0.05, 0.1) is 43.4 Å². The molecule has 1 aromatic rings. The number of ketones is 1. The number of ether oxygens (including phenoxy) is 1. The van der Waals surface area contributed by atoms with E-state index < -0.39 is 197 Å². The highest BCUT2D eigenvalue weighted by Gasteiger charge is 2.43. The third kappa shape index (κ3) is 29.7. The van der Waals surface area contributed by atoms with Crippen molar-refractivity contribution in [3.8, 4) is 0 Å². The van der Waals surface area contributed by atoms with Crippen LogP contribution in [0.4, 0.5) is 4.79 Å². The summed E-state index contributed by atoms with van der Waals surface area (Å²) in [5.74, 6) is -14.7. The van der Waals surface area contributed by atoms with E-state index in [1.807, 2.05) is 20.8 Å². The van der Waals surface area contributed by atoms with E-state index in [2.05, 4.69) is 63.5 Å². The quantitative estimate of drug-likeness (QED) is 0.0429. The molecule has 0 saturated carbocycles. The Kier molecular flexibility index (Phi) is 33.2. The summed E-state index contributed by atoms with van der Waals surface area (Å²) in [6.45, 7) is 26.2. The number of aliphatic hydroxyl groups excluding tert-OH is 3. The van der Waals surface area contributed by atoms with E-state index >= 15 is 14.4 Å². The molecule has 95 heavy (non-hydrogen) atoms. The van der Waals surface area contributed by atoms with Crippen LogP contribution in [0.15, 0.2) is 35.3 Å². The lowest BCUT2D eigenvalue weighted by atomic mass is 9.81. The van der Waals surface area contributed by atoms with Crippen LogP contribution in [0.5, 0.6) is 0 Å². The Balaban J connectivity index is 3.12. The molecule has 0 radical (unpaired) electrons.